The number of nitriles is 1. The zero-order chi connectivity index (χ0) is 20.8. The number of hydrogen-bond donors (Lipinski definition) is 1. The van der Waals surface area contributed by atoms with Crippen molar-refractivity contribution in [2.24, 2.45) is 0 Å². The third-order valence-electron chi connectivity index (χ3n) is 4.89. The summed E-state index contributed by atoms with van der Waals surface area (Å²) in [6.07, 6.45) is 6.47. The van der Waals surface area contributed by atoms with Crippen molar-refractivity contribution in [3.63, 3.8) is 0 Å². The molecular formula is C21H21N3O5. The molecule has 1 fully saturated rings. The number of furan rings is 1. The summed E-state index contributed by atoms with van der Waals surface area (Å²) >= 11 is 0. The molecule has 0 unspecified atom stereocenters. The van der Waals surface area contributed by atoms with Gasteiger partial charge < -0.3 is 14.5 Å². The van der Waals surface area contributed by atoms with Gasteiger partial charge in [-0.3, -0.25) is 14.9 Å². The lowest BCUT2D eigenvalue weighted by molar-refractivity contribution is -0.384. The van der Waals surface area contributed by atoms with E-state index in [4.69, 9.17) is 9.15 Å². The highest BCUT2D eigenvalue weighted by Crippen LogP contribution is 2.34. The first-order valence-corrected chi connectivity index (χ1v) is 9.37. The fraction of sp³-hybridized carbons (Fsp3) is 0.333. The van der Waals surface area contributed by atoms with Crippen LogP contribution in [0.4, 0.5) is 5.69 Å². The first-order chi connectivity index (χ1) is 14.0. The van der Waals surface area contributed by atoms with Crippen LogP contribution in [-0.4, -0.2) is 24.0 Å². The molecule has 1 aliphatic carbocycles. The normalized spacial score (nSPS) is 14.8. The van der Waals surface area contributed by atoms with Gasteiger partial charge in [-0.25, -0.2) is 0 Å². The predicted octanol–water partition coefficient (Wildman–Crippen LogP) is 4.22. The maximum atomic E-state index is 12.4. The summed E-state index contributed by atoms with van der Waals surface area (Å²) in [6.45, 7) is 0. The molecule has 150 valence electrons. The number of rotatable bonds is 6. The Morgan fingerprint density at radius 3 is 2.72 bits per heavy atom. The second kappa shape index (κ2) is 9.06. The predicted molar refractivity (Wildman–Crippen MR) is 106 cm³/mol. The molecule has 0 atom stereocenters. The molecule has 1 amide bonds. The number of amides is 1. The average Bonchev–Trinajstić information content (AvgIpc) is 3.20. The molecular weight excluding hydrogens is 374 g/mol. The van der Waals surface area contributed by atoms with Gasteiger partial charge in [0.2, 0.25) is 0 Å². The monoisotopic (exact) mass is 395 g/mol. The largest absolute Gasteiger partial charge is 0.497 e. The number of carbonyl (C=O) groups excluding carboxylic acids is 1. The molecule has 1 N–H and O–H groups in total. The molecule has 0 radical (unpaired) electrons. The maximum absolute atomic E-state index is 12.4. The van der Waals surface area contributed by atoms with Crippen LogP contribution in [0.25, 0.3) is 17.4 Å². The van der Waals surface area contributed by atoms with Crippen LogP contribution in [0.5, 0.6) is 5.75 Å². The maximum Gasteiger partial charge on any atom is 0.284 e. The molecule has 0 aliphatic heterocycles. The van der Waals surface area contributed by atoms with Gasteiger partial charge in [0, 0.05) is 12.1 Å². The van der Waals surface area contributed by atoms with Gasteiger partial charge in [-0.2, -0.15) is 5.26 Å². The van der Waals surface area contributed by atoms with Gasteiger partial charge in [0.05, 0.1) is 23.7 Å². The number of nitro groups is 1. The summed E-state index contributed by atoms with van der Waals surface area (Å²) in [6, 6.07) is 9.55. The van der Waals surface area contributed by atoms with Crippen molar-refractivity contribution in [2.75, 3.05) is 7.11 Å². The number of nitrogens with one attached hydrogen (secondary N) is 1. The van der Waals surface area contributed by atoms with E-state index < -0.39 is 10.8 Å². The van der Waals surface area contributed by atoms with Gasteiger partial charge in [0.15, 0.2) is 0 Å². The molecule has 1 heterocycles. The summed E-state index contributed by atoms with van der Waals surface area (Å²) in [7, 11) is 1.43. The highest BCUT2D eigenvalue weighted by Gasteiger charge is 2.21. The fourth-order valence-electron chi connectivity index (χ4n) is 3.37. The highest BCUT2D eigenvalue weighted by atomic mass is 16.6. The number of nitrogens with zero attached hydrogens (tertiary/aromatic N) is 2. The summed E-state index contributed by atoms with van der Waals surface area (Å²) in [5.41, 5.74) is 0.0473. The molecule has 0 spiro atoms. The Hall–Kier alpha value is -3.60. The molecule has 29 heavy (non-hydrogen) atoms. The lowest BCUT2D eigenvalue weighted by Crippen LogP contribution is -2.36. The number of hydrogen-bond acceptors (Lipinski definition) is 6. The Labute approximate surface area is 167 Å². The van der Waals surface area contributed by atoms with Crippen LogP contribution in [-0.2, 0) is 4.79 Å². The molecule has 0 bridgehead atoms. The molecule has 1 saturated carbocycles. The lowest BCUT2D eigenvalue weighted by Gasteiger charge is -2.22. The topological polar surface area (TPSA) is 118 Å². The van der Waals surface area contributed by atoms with Crippen LogP contribution in [0.2, 0.25) is 0 Å². The molecule has 8 nitrogen and oxygen atoms in total. The summed E-state index contributed by atoms with van der Waals surface area (Å²) < 4.78 is 10.7. The van der Waals surface area contributed by atoms with E-state index in [1.54, 1.807) is 18.2 Å². The second-order valence-corrected chi connectivity index (χ2v) is 6.82. The van der Waals surface area contributed by atoms with Crippen LogP contribution < -0.4 is 10.1 Å². The fourth-order valence-corrected chi connectivity index (χ4v) is 3.37. The zero-order valence-electron chi connectivity index (χ0n) is 16.0. The molecule has 1 aliphatic rings. The zero-order valence-corrected chi connectivity index (χ0v) is 16.0. The van der Waals surface area contributed by atoms with Crippen molar-refractivity contribution in [3.05, 3.63) is 51.8 Å². The van der Waals surface area contributed by atoms with E-state index in [9.17, 15) is 20.2 Å². The average molecular weight is 395 g/mol. The third kappa shape index (κ3) is 4.82. The van der Waals surface area contributed by atoms with Crippen LogP contribution in [0, 0.1) is 21.4 Å². The summed E-state index contributed by atoms with van der Waals surface area (Å²) in [4.78, 5) is 23.2. The SMILES string of the molecule is COc1ccc(-c2ccc(/C=C(\C#N)C(=O)NC3CCCCC3)o2)c([N+](=O)[O-])c1. The van der Waals surface area contributed by atoms with Gasteiger partial charge in [0.25, 0.3) is 11.6 Å². The molecule has 0 saturated heterocycles. The number of carbonyl (C=O) groups is 1. The Bertz CT molecular complexity index is 980. The van der Waals surface area contributed by atoms with E-state index in [1.165, 1.54) is 31.7 Å². The highest BCUT2D eigenvalue weighted by molar-refractivity contribution is 6.01. The van der Waals surface area contributed by atoms with Crippen LogP contribution >= 0.6 is 0 Å². The van der Waals surface area contributed by atoms with Crippen LogP contribution in [0.3, 0.4) is 0 Å². The standard InChI is InChI=1S/C21H21N3O5/c1-28-16-7-9-18(19(12-16)24(26)27)20-10-8-17(29-20)11-14(13-22)21(25)23-15-5-3-2-4-6-15/h7-12,15H,2-6H2,1H3,(H,23,25)/b14-11+. The number of benzene rings is 1. The molecule has 8 heteroatoms. The van der Waals surface area contributed by atoms with E-state index in [1.807, 2.05) is 6.07 Å². The van der Waals surface area contributed by atoms with E-state index in [0.717, 1.165) is 25.7 Å². The Kier molecular flexibility index (Phi) is 6.29. The minimum Gasteiger partial charge on any atom is -0.497 e. The van der Waals surface area contributed by atoms with Crippen molar-refractivity contribution in [1.82, 2.24) is 5.32 Å². The van der Waals surface area contributed by atoms with Crippen LogP contribution in [0.1, 0.15) is 37.9 Å². The molecule has 2 aromatic rings. The summed E-state index contributed by atoms with van der Waals surface area (Å²) in [5, 5.41) is 23.6. The first kappa shape index (κ1) is 20.1. The number of ether oxygens (including phenoxy) is 1. The van der Waals surface area contributed by atoms with Gasteiger partial charge >= 0.3 is 0 Å². The Morgan fingerprint density at radius 1 is 1.31 bits per heavy atom. The number of methoxy groups -OCH3 is 1. The van der Waals surface area contributed by atoms with Crippen LogP contribution in [0.15, 0.2) is 40.3 Å². The van der Waals surface area contributed by atoms with Crippen molar-refractivity contribution < 1.29 is 18.9 Å². The third-order valence-corrected chi connectivity index (χ3v) is 4.89. The number of nitro benzene ring substituents is 1. The minimum absolute atomic E-state index is 0.0688. The lowest BCUT2D eigenvalue weighted by atomic mass is 9.95. The Morgan fingerprint density at radius 2 is 2.07 bits per heavy atom. The van der Waals surface area contributed by atoms with Gasteiger partial charge in [-0.1, -0.05) is 19.3 Å². The Balaban J connectivity index is 1.82. The quantitative estimate of drug-likeness (QED) is 0.338. The van der Waals surface area contributed by atoms with Gasteiger partial charge in [-0.15, -0.1) is 0 Å². The molecule has 1 aromatic heterocycles. The van der Waals surface area contributed by atoms with E-state index in [0.29, 0.717) is 5.75 Å². The smallest absolute Gasteiger partial charge is 0.284 e. The second-order valence-electron chi connectivity index (χ2n) is 6.82. The van der Waals surface area contributed by atoms with E-state index >= 15 is 0 Å². The summed E-state index contributed by atoms with van der Waals surface area (Å²) in [5.74, 6) is 0.446. The van der Waals surface area contributed by atoms with E-state index in [-0.39, 0.29) is 34.4 Å². The van der Waals surface area contributed by atoms with E-state index in [2.05, 4.69) is 5.32 Å². The van der Waals surface area contributed by atoms with Gasteiger partial charge in [0.1, 0.15) is 28.9 Å². The van der Waals surface area contributed by atoms with Crippen molar-refractivity contribution >= 4 is 17.7 Å². The van der Waals surface area contributed by atoms with Crippen molar-refractivity contribution in [2.45, 2.75) is 38.1 Å². The first-order valence-electron chi connectivity index (χ1n) is 9.37. The van der Waals surface area contributed by atoms with Crippen molar-refractivity contribution in [1.29, 1.82) is 5.26 Å². The van der Waals surface area contributed by atoms with Crippen molar-refractivity contribution in [3.8, 4) is 23.1 Å². The van der Waals surface area contributed by atoms with Gasteiger partial charge in [-0.05, 0) is 37.1 Å². The molecule has 1 aromatic carbocycles. The minimum atomic E-state index is -0.520. The molecule has 3 rings (SSSR count).